The number of carbonyl (C=O) groups is 1. The molecular weight excluding hydrogens is 382 g/mol. The van der Waals surface area contributed by atoms with Crippen LogP contribution in [0.25, 0.3) is 11.4 Å². The van der Waals surface area contributed by atoms with E-state index in [4.69, 9.17) is 0 Å². The summed E-state index contributed by atoms with van der Waals surface area (Å²) < 4.78 is 2.03. The largest absolute Gasteiger partial charge is 0.337 e. The zero-order valence-electron chi connectivity index (χ0n) is 17.7. The molecule has 0 radical (unpaired) electrons. The highest BCUT2D eigenvalue weighted by Gasteiger charge is 2.35. The standard InChI is InChI=1S/C22H29N5OS/c1-5-27-19(16-8-10-17(11-9-16)21(2,3)4)25-26-20(27)29-14-18(28)24-22(15-23)12-6-7-13-22/h8-11H,5-7,12-14H2,1-4H3,(H,24,28). The maximum absolute atomic E-state index is 12.4. The van der Waals surface area contributed by atoms with Crippen LogP contribution in [0.2, 0.25) is 0 Å². The Bertz CT molecular complexity index is 899. The number of amides is 1. The van der Waals surface area contributed by atoms with E-state index in [0.29, 0.717) is 0 Å². The number of aromatic nitrogens is 3. The summed E-state index contributed by atoms with van der Waals surface area (Å²) >= 11 is 1.36. The Labute approximate surface area is 177 Å². The molecule has 2 aromatic rings. The van der Waals surface area contributed by atoms with Gasteiger partial charge in [-0.1, -0.05) is 56.8 Å². The molecule has 1 fully saturated rings. The Morgan fingerprint density at radius 1 is 1.24 bits per heavy atom. The average molecular weight is 412 g/mol. The number of nitriles is 1. The van der Waals surface area contributed by atoms with E-state index in [1.54, 1.807) is 0 Å². The molecule has 0 atom stereocenters. The quantitative estimate of drug-likeness (QED) is 0.716. The molecule has 1 amide bonds. The van der Waals surface area contributed by atoms with Crippen molar-refractivity contribution in [3.63, 3.8) is 0 Å². The number of benzene rings is 1. The molecule has 3 rings (SSSR count). The topological polar surface area (TPSA) is 83.6 Å². The molecule has 7 heteroatoms. The van der Waals surface area contributed by atoms with Gasteiger partial charge in [0.1, 0.15) is 5.54 Å². The van der Waals surface area contributed by atoms with E-state index in [1.165, 1.54) is 17.3 Å². The smallest absolute Gasteiger partial charge is 0.231 e. The Morgan fingerprint density at radius 3 is 2.45 bits per heavy atom. The Morgan fingerprint density at radius 2 is 1.90 bits per heavy atom. The molecule has 1 aliphatic rings. The van der Waals surface area contributed by atoms with Crippen molar-refractivity contribution in [3.8, 4) is 17.5 Å². The summed E-state index contributed by atoms with van der Waals surface area (Å²) in [5.74, 6) is 0.908. The van der Waals surface area contributed by atoms with E-state index in [9.17, 15) is 10.1 Å². The van der Waals surface area contributed by atoms with Crippen LogP contribution < -0.4 is 5.32 Å². The van der Waals surface area contributed by atoms with Crippen LogP contribution in [0.5, 0.6) is 0 Å². The van der Waals surface area contributed by atoms with Crippen LogP contribution in [0.4, 0.5) is 0 Å². The molecule has 1 aromatic heterocycles. The lowest BCUT2D eigenvalue weighted by molar-refractivity contribution is -0.119. The number of nitrogens with zero attached hydrogens (tertiary/aromatic N) is 4. The van der Waals surface area contributed by atoms with Crippen molar-refractivity contribution < 1.29 is 4.79 Å². The third-order valence-corrected chi connectivity index (χ3v) is 6.39. The number of thioether (sulfide) groups is 1. The van der Waals surface area contributed by atoms with Crippen molar-refractivity contribution >= 4 is 17.7 Å². The van der Waals surface area contributed by atoms with Crippen LogP contribution in [0.1, 0.15) is 58.9 Å². The van der Waals surface area contributed by atoms with E-state index in [1.807, 2.05) is 11.5 Å². The van der Waals surface area contributed by atoms with Gasteiger partial charge >= 0.3 is 0 Å². The minimum absolute atomic E-state index is 0.103. The van der Waals surface area contributed by atoms with Crippen LogP contribution >= 0.6 is 11.8 Å². The molecule has 1 heterocycles. The van der Waals surface area contributed by atoms with Gasteiger partial charge in [0.25, 0.3) is 0 Å². The fraction of sp³-hybridized carbons (Fsp3) is 0.545. The second-order valence-electron chi connectivity index (χ2n) is 8.62. The number of rotatable bonds is 6. The van der Waals surface area contributed by atoms with Crippen molar-refractivity contribution in [1.82, 2.24) is 20.1 Å². The number of carbonyl (C=O) groups excluding carboxylic acids is 1. The Balaban J connectivity index is 1.70. The summed E-state index contributed by atoms with van der Waals surface area (Å²) in [4.78, 5) is 12.4. The van der Waals surface area contributed by atoms with Crippen LogP contribution in [-0.2, 0) is 16.8 Å². The molecule has 1 aromatic carbocycles. The molecule has 0 bridgehead atoms. The summed E-state index contributed by atoms with van der Waals surface area (Å²) in [7, 11) is 0. The van der Waals surface area contributed by atoms with Crippen molar-refractivity contribution in [2.75, 3.05) is 5.75 Å². The fourth-order valence-electron chi connectivity index (χ4n) is 3.69. The van der Waals surface area contributed by atoms with Gasteiger partial charge in [-0.05, 0) is 43.6 Å². The van der Waals surface area contributed by atoms with Gasteiger partial charge in [-0.3, -0.25) is 4.79 Å². The summed E-state index contributed by atoms with van der Waals surface area (Å²) in [6, 6.07) is 10.7. The van der Waals surface area contributed by atoms with Crippen LogP contribution in [0, 0.1) is 11.3 Å². The van der Waals surface area contributed by atoms with Gasteiger partial charge in [-0.15, -0.1) is 10.2 Å². The first-order chi connectivity index (χ1) is 13.8. The lowest BCUT2D eigenvalue weighted by Crippen LogP contribution is -2.45. The predicted molar refractivity (Wildman–Crippen MR) is 116 cm³/mol. The van der Waals surface area contributed by atoms with Crippen molar-refractivity contribution in [2.45, 2.75) is 76.0 Å². The SMILES string of the molecule is CCn1c(SCC(=O)NC2(C#N)CCCC2)nnc1-c1ccc(C(C)(C)C)cc1. The van der Waals surface area contributed by atoms with Gasteiger partial charge in [0, 0.05) is 12.1 Å². The fourth-order valence-corrected chi connectivity index (χ4v) is 4.49. The Hall–Kier alpha value is -2.33. The van der Waals surface area contributed by atoms with Gasteiger partial charge in [0.05, 0.1) is 11.8 Å². The molecular formula is C22H29N5OS. The zero-order valence-corrected chi connectivity index (χ0v) is 18.5. The zero-order chi connectivity index (χ0) is 21.1. The van der Waals surface area contributed by atoms with Gasteiger partial charge in [-0.25, -0.2) is 0 Å². The third kappa shape index (κ3) is 4.81. The molecule has 1 N–H and O–H groups in total. The molecule has 0 aliphatic heterocycles. The highest BCUT2D eigenvalue weighted by atomic mass is 32.2. The van der Waals surface area contributed by atoms with E-state index in [-0.39, 0.29) is 17.1 Å². The molecule has 29 heavy (non-hydrogen) atoms. The second-order valence-corrected chi connectivity index (χ2v) is 9.56. The number of hydrogen-bond acceptors (Lipinski definition) is 5. The Kier molecular flexibility index (Phi) is 6.33. The number of nitrogens with one attached hydrogen (secondary N) is 1. The van der Waals surface area contributed by atoms with E-state index >= 15 is 0 Å². The molecule has 0 saturated heterocycles. The maximum Gasteiger partial charge on any atom is 0.231 e. The van der Waals surface area contributed by atoms with Crippen molar-refractivity contribution in [2.24, 2.45) is 0 Å². The maximum atomic E-state index is 12.4. The van der Waals surface area contributed by atoms with Gasteiger partial charge < -0.3 is 9.88 Å². The minimum atomic E-state index is -0.684. The predicted octanol–water partition coefficient (Wildman–Crippen LogP) is 4.31. The first-order valence-electron chi connectivity index (χ1n) is 10.2. The molecule has 6 nitrogen and oxygen atoms in total. The molecule has 1 saturated carbocycles. The van der Waals surface area contributed by atoms with Crippen LogP contribution in [0.3, 0.4) is 0 Å². The monoisotopic (exact) mass is 411 g/mol. The molecule has 1 aliphatic carbocycles. The molecule has 0 unspecified atom stereocenters. The van der Waals surface area contributed by atoms with Gasteiger partial charge in [0.15, 0.2) is 11.0 Å². The van der Waals surface area contributed by atoms with Crippen molar-refractivity contribution in [3.05, 3.63) is 29.8 Å². The van der Waals surface area contributed by atoms with Crippen molar-refractivity contribution in [1.29, 1.82) is 5.26 Å². The third-order valence-electron chi connectivity index (χ3n) is 5.42. The van der Waals surface area contributed by atoms with Gasteiger partial charge in [0.2, 0.25) is 5.91 Å². The highest BCUT2D eigenvalue weighted by Crippen LogP contribution is 2.30. The van der Waals surface area contributed by atoms with E-state index in [2.05, 4.69) is 66.6 Å². The van der Waals surface area contributed by atoms with Crippen LogP contribution in [-0.4, -0.2) is 32.0 Å². The minimum Gasteiger partial charge on any atom is -0.337 e. The van der Waals surface area contributed by atoms with Crippen LogP contribution in [0.15, 0.2) is 29.4 Å². The van der Waals surface area contributed by atoms with E-state index < -0.39 is 5.54 Å². The molecule has 154 valence electrons. The average Bonchev–Trinajstić information content (AvgIpc) is 3.33. The summed E-state index contributed by atoms with van der Waals surface area (Å²) in [6.07, 6.45) is 3.45. The lowest BCUT2D eigenvalue weighted by atomic mass is 9.87. The normalized spacial score (nSPS) is 15.8. The van der Waals surface area contributed by atoms with Gasteiger partial charge in [-0.2, -0.15) is 5.26 Å². The summed E-state index contributed by atoms with van der Waals surface area (Å²) in [5, 5.41) is 21.8. The summed E-state index contributed by atoms with van der Waals surface area (Å²) in [5.41, 5.74) is 1.70. The first kappa shape index (κ1) is 21.4. The molecule has 0 spiro atoms. The lowest BCUT2D eigenvalue weighted by Gasteiger charge is -2.21. The second kappa shape index (κ2) is 8.58. The van der Waals surface area contributed by atoms with E-state index in [0.717, 1.165) is 48.8 Å². The number of hydrogen-bond donors (Lipinski definition) is 1. The first-order valence-corrected chi connectivity index (χ1v) is 11.2. The summed E-state index contributed by atoms with van der Waals surface area (Å²) in [6.45, 7) is 9.34. The highest BCUT2D eigenvalue weighted by molar-refractivity contribution is 7.99.